The molecule has 0 aliphatic rings. The van der Waals surface area contributed by atoms with Crippen LogP contribution in [0.1, 0.15) is 6.92 Å². The lowest BCUT2D eigenvalue weighted by Gasteiger charge is -2.06. The van der Waals surface area contributed by atoms with Crippen molar-refractivity contribution in [2.24, 2.45) is 0 Å². The summed E-state index contributed by atoms with van der Waals surface area (Å²) in [6, 6.07) is 9.26. The van der Waals surface area contributed by atoms with Gasteiger partial charge in [-0.15, -0.1) is 10.2 Å². The molecule has 0 amide bonds. The third kappa shape index (κ3) is 2.77. The van der Waals surface area contributed by atoms with Crippen LogP contribution >= 0.6 is 11.8 Å². The van der Waals surface area contributed by atoms with Crippen LogP contribution in [0.4, 0.5) is 4.39 Å². The molecular formula is C14H11FN4O2S. The van der Waals surface area contributed by atoms with Crippen molar-refractivity contribution in [3.05, 3.63) is 42.2 Å². The maximum atomic E-state index is 13.0. The first-order valence-corrected chi connectivity index (χ1v) is 7.30. The second kappa shape index (κ2) is 5.72. The first-order chi connectivity index (χ1) is 10.5. The van der Waals surface area contributed by atoms with Crippen molar-refractivity contribution in [3.8, 4) is 11.4 Å². The lowest BCUT2D eigenvalue weighted by atomic mass is 10.2. The van der Waals surface area contributed by atoms with Gasteiger partial charge in [-0.25, -0.2) is 4.39 Å². The molecule has 22 heavy (non-hydrogen) atoms. The predicted molar refractivity (Wildman–Crippen MR) is 79.1 cm³/mol. The summed E-state index contributed by atoms with van der Waals surface area (Å²) in [5, 5.41) is 21.3. The molecule has 0 aliphatic heterocycles. The fraction of sp³-hybridized carbons (Fsp3) is 0.143. The highest BCUT2D eigenvalue weighted by atomic mass is 32.2. The van der Waals surface area contributed by atoms with E-state index >= 15 is 0 Å². The first kappa shape index (κ1) is 14.5. The minimum atomic E-state index is -0.908. The van der Waals surface area contributed by atoms with Crippen LogP contribution in [-0.2, 0) is 4.79 Å². The summed E-state index contributed by atoms with van der Waals surface area (Å²) in [6.45, 7) is 1.59. The Morgan fingerprint density at radius 2 is 1.95 bits per heavy atom. The number of fused-ring (bicyclic) bond motifs is 1. The minimum Gasteiger partial charge on any atom is -0.480 e. The van der Waals surface area contributed by atoms with Gasteiger partial charge in [0, 0.05) is 5.56 Å². The number of hydrogen-bond acceptors (Lipinski definition) is 5. The number of aliphatic carboxylic acids is 1. The third-order valence-electron chi connectivity index (χ3n) is 2.99. The summed E-state index contributed by atoms with van der Waals surface area (Å²) < 4.78 is 14.5. The summed E-state index contributed by atoms with van der Waals surface area (Å²) in [7, 11) is 0. The van der Waals surface area contributed by atoms with Crippen molar-refractivity contribution in [1.82, 2.24) is 19.8 Å². The molecule has 0 unspecified atom stereocenters. The molecule has 3 rings (SSSR count). The average molecular weight is 318 g/mol. The zero-order chi connectivity index (χ0) is 15.7. The second-order valence-corrected chi connectivity index (χ2v) is 5.93. The van der Waals surface area contributed by atoms with Crippen molar-refractivity contribution in [2.75, 3.05) is 0 Å². The van der Waals surface area contributed by atoms with Crippen LogP contribution < -0.4 is 0 Å². The lowest BCUT2D eigenvalue weighted by Crippen LogP contribution is -2.11. The number of carboxylic acid groups (broad SMARTS) is 1. The molecule has 1 N–H and O–H groups in total. The zero-order valence-corrected chi connectivity index (χ0v) is 12.3. The molecule has 0 aliphatic carbocycles. The van der Waals surface area contributed by atoms with E-state index in [4.69, 9.17) is 5.11 Å². The molecule has 0 fully saturated rings. The minimum absolute atomic E-state index is 0.336. The van der Waals surface area contributed by atoms with Crippen LogP contribution in [0, 0.1) is 5.82 Å². The van der Waals surface area contributed by atoms with Gasteiger partial charge in [0.15, 0.2) is 11.5 Å². The number of aromatic nitrogens is 4. The summed E-state index contributed by atoms with van der Waals surface area (Å²) in [6.07, 6.45) is 0. The number of halogens is 1. The predicted octanol–water partition coefficient (Wildman–Crippen LogP) is 2.50. The Kier molecular flexibility index (Phi) is 3.76. The van der Waals surface area contributed by atoms with Gasteiger partial charge < -0.3 is 5.11 Å². The molecule has 112 valence electrons. The normalized spacial score (nSPS) is 12.5. The van der Waals surface area contributed by atoms with Gasteiger partial charge in [-0.1, -0.05) is 11.8 Å². The van der Waals surface area contributed by atoms with Gasteiger partial charge in [-0.05, 0) is 43.3 Å². The van der Waals surface area contributed by atoms with Gasteiger partial charge in [0.25, 0.3) is 0 Å². The average Bonchev–Trinajstić information content (AvgIpc) is 2.91. The molecule has 0 bridgehead atoms. The lowest BCUT2D eigenvalue weighted by molar-refractivity contribution is -0.136. The van der Waals surface area contributed by atoms with Crippen LogP contribution in [-0.4, -0.2) is 36.1 Å². The number of thioether (sulfide) groups is 1. The van der Waals surface area contributed by atoms with Gasteiger partial charge in [0.2, 0.25) is 0 Å². The smallest absolute Gasteiger partial charge is 0.316 e. The fourth-order valence-electron chi connectivity index (χ4n) is 1.85. The van der Waals surface area contributed by atoms with E-state index < -0.39 is 11.2 Å². The van der Waals surface area contributed by atoms with E-state index in [-0.39, 0.29) is 5.82 Å². The quantitative estimate of drug-likeness (QED) is 0.744. The topological polar surface area (TPSA) is 80.4 Å². The highest BCUT2D eigenvalue weighted by Gasteiger charge is 2.15. The molecule has 6 nitrogen and oxygen atoms in total. The number of carbonyl (C=O) groups is 1. The monoisotopic (exact) mass is 318 g/mol. The van der Waals surface area contributed by atoms with Crippen LogP contribution in [0.2, 0.25) is 0 Å². The molecule has 1 atom stereocenters. The maximum absolute atomic E-state index is 13.0. The summed E-state index contributed by atoms with van der Waals surface area (Å²) >= 11 is 1.13. The molecule has 0 spiro atoms. The molecule has 0 saturated heterocycles. The Morgan fingerprint density at radius 3 is 2.64 bits per heavy atom. The standard InChI is InChI=1S/C14H11FN4O2S/c1-8(14(20)21)22-12-7-6-11-16-17-13(19(11)18-12)9-2-4-10(15)5-3-9/h2-8H,1H3,(H,20,21)/t8-/m0/s1. The van der Waals surface area contributed by atoms with E-state index in [1.165, 1.54) is 16.6 Å². The van der Waals surface area contributed by atoms with Gasteiger partial charge in [0.1, 0.15) is 16.1 Å². The van der Waals surface area contributed by atoms with Crippen molar-refractivity contribution >= 4 is 23.4 Å². The number of hydrogen-bond donors (Lipinski definition) is 1. The molecule has 2 heterocycles. The van der Waals surface area contributed by atoms with E-state index in [2.05, 4.69) is 15.3 Å². The number of nitrogens with zero attached hydrogens (tertiary/aromatic N) is 4. The molecule has 0 saturated carbocycles. The van der Waals surface area contributed by atoms with Crippen molar-refractivity contribution in [3.63, 3.8) is 0 Å². The fourth-order valence-corrected chi connectivity index (χ4v) is 2.58. The van der Waals surface area contributed by atoms with Gasteiger partial charge in [-0.2, -0.15) is 9.61 Å². The maximum Gasteiger partial charge on any atom is 0.316 e. The molecule has 2 aromatic heterocycles. The van der Waals surface area contributed by atoms with Crippen molar-refractivity contribution < 1.29 is 14.3 Å². The van der Waals surface area contributed by atoms with Gasteiger partial charge in [-0.3, -0.25) is 4.79 Å². The van der Waals surface area contributed by atoms with Gasteiger partial charge >= 0.3 is 5.97 Å². The zero-order valence-electron chi connectivity index (χ0n) is 11.5. The van der Waals surface area contributed by atoms with E-state index in [9.17, 15) is 9.18 Å². The van der Waals surface area contributed by atoms with Crippen LogP contribution in [0.15, 0.2) is 41.4 Å². The van der Waals surface area contributed by atoms with Crippen molar-refractivity contribution in [2.45, 2.75) is 17.2 Å². The molecule has 1 aromatic carbocycles. The van der Waals surface area contributed by atoms with E-state index in [0.29, 0.717) is 22.1 Å². The number of rotatable bonds is 4. The number of benzene rings is 1. The molecular weight excluding hydrogens is 307 g/mol. The third-order valence-corrected chi connectivity index (χ3v) is 4.00. The summed E-state index contributed by atoms with van der Waals surface area (Å²) in [5.41, 5.74) is 1.21. The molecule has 8 heteroatoms. The SMILES string of the molecule is C[C@H](Sc1ccc2nnc(-c3ccc(F)cc3)n2n1)C(=O)O. The van der Waals surface area contributed by atoms with Crippen LogP contribution in [0.3, 0.4) is 0 Å². The first-order valence-electron chi connectivity index (χ1n) is 6.42. The highest BCUT2D eigenvalue weighted by Crippen LogP contribution is 2.23. The summed E-state index contributed by atoms with van der Waals surface area (Å²) in [4.78, 5) is 10.9. The van der Waals surface area contributed by atoms with Crippen LogP contribution in [0.25, 0.3) is 17.0 Å². The van der Waals surface area contributed by atoms with Gasteiger partial charge in [0.05, 0.1) is 0 Å². The molecule has 0 radical (unpaired) electrons. The van der Waals surface area contributed by atoms with Crippen LogP contribution in [0.5, 0.6) is 0 Å². The second-order valence-electron chi connectivity index (χ2n) is 4.57. The highest BCUT2D eigenvalue weighted by molar-refractivity contribution is 8.00. The van der Waals surface area contributed by atoms with E-state index in [1.807, 2.05) is 0 Å². The van der Waals surface area contributed by atoms with E-state index in [1.54, 1.807) is 31.2 Å². The Hall–Kier alpha value is -2.48. The van der Waals surface area contributed by atoms with Crippen molar-refractivity contribution in [1.29, 1.82) is 0 Å². The Balaban J connectivity index is 2.01. The largest absolute Gasteiger partial charge is 0.480 e. The summed E-state index contributed by atoms with van der Waals surface area (Å²) in [5.74, 6) is -0.771. The Labute approximate surface area is 129 Å². The number of carboxylic acids is 1. The molecule has 3 aromatic rings. The Morgan fingerprint density at radius 1 is 1.23 bits per heavy atom. The van der Waals surface area contributed by atoms with E-state index in [0.717, 1.165) is 11.8 Å². The Bertz CT molecular complexity index is 834.